The molecule has 0 aliphatic heterocycles. The zero-order chi connectivity index (χ0) is 16.8. The third-order valence-corrected chi connectivity index (χ3v) is 3.96. The van der Waals surface area contributed by atoms with Gasteiger partial charge in [-0.1, -0.05) is 28.1 Å². The van der Waals surface area contributed by atoms with Crippen molar-refractivity contribution < 1.29 is 14.3 Å². The van der Waals surface area contributed by atoms with Crippen LogP contribution in [-0.4, -0.2) is 18.4 Å². The molecule has 0 radical (unpaired) electrons. The Labute approximate surface area is 150 Å². The standard InChI is InChI=1S/C16H14Br2N2O3/c1-10-5-6-14(13(18)7-10)23-9-15(21)19-20-16(22)11-3-2-4-12(17)8-11/h2-8H,9H2,1H3,(H,19,21)(H,20,22). The molecule has 0 spiro atoms. The maximum Gasteiger partial charge on any atom is 0.276 e. The van der Waals surface area contributed by atoms with Gasteiger partial charge < -0.3 is 4.74 Å². The summed E-state index contributed by atoms with van der Waals surface area (Å²) in [5, 5.41) is 0. The molecule has 2 aromatic rings. The van der Waals surface area contributed by atoms with Gasteiger partial charge in [0.15, 0.2) is 6.61 Å². The average Bonchev–Trinajstić information content (AvgIpc) is 2.51. The Morgan fingerprint density at radius 1 is 1.09 bits per heavy atom. The molecule has 0 aromatic heterocycles. The maximum absolute atomic E-state index is 11.9. The van der Waals surface area contributed by atoms with Gasteiger partial charge in [0.2, 0.25) is 0 Å². The number of aryl methyl sites for hydroxylation is 1. The van der Waals surface area contributed by atoms with Crippen molar-refractivity contribution in [3.8, 4) is 5.75 Å². The summed E-state index contributed by atoms with van der Waals surface area (Å²) in [5.41, 5.74) is 6.15. The van der Waals surface area contributed by atoms with E-state index in [1.165, 1.54) is 0 Å². The lowest BCUT2D eigenvalue weighted by Crippen LogP contribution is -2.43. The molecule has 0 fully saturated rings. The average molecular weight is 442 g/mol. The molecule has 0 bridgehead atoms. The minimum Gasteiger partial charge on any atom is -0.483 e. The number of hydrogen-bond donors (Lipinski definition) is 2. The fraction of sp³-hybridized carbons (Fsp3) is 0.125. The van der Waals surface area contributed by atoms with Gasteiger partial charge in [-0.15, -0.1) is 0 Å². The van der Waals surface area contributed by atoms with Crippen molar-refractivity contribution >= 4 is 43.7 Å². The van der Waals surface area contributed by atoms with Gasteiger partial charge in [-0.3, -0.25) is 20.4 Å². The summed E-state index contributed by atoms with van der Waals surface area (Å²) in [6.45, 7) is 1.75. The third kappa shape index (κ3) is 5.37. The van der Waals surface area contributed by atoms with Crippen molar-refractivity contribution in [1.82, 2.24) is 10.9 Å². The van der Waals surface area contributed by atoms with Gasteiger partial charge in [0.05, 0.1) is 4.47 Å². The summed E-state index contributed by atoms with van der Waals surface area (Å²) in [7, 11) is 0. The molecule has 120 valence electrons. The number of nitrogens with one attached hydrogen (secondary N) is 2. The van der Waals surface area contributed by atoms with E-state index in [1.54, 1.807) is 24.3 Å². The number of hydrazine groups is 1. The lowest BCUT2D eigenvalue weighted by Gasteiger charge is -2.10. The van der Waals surface area contributed by atoms with Crippen molar-refractivity contribution in [1.29, 1.82) is 0 Å². The van der Waals surface area contributed by atoms with E-state index in [4.69, 9.17) is 4.74 Å². The minimum absolute atomic E-state index is 0.208. The fourth-order valence-electron chi connectivity index (χ4n) is 1.73. The van der Waals surface area contributed by atoms with E-state index in [9.17, 15) is 9.59 Å². The van der Waals surface area contributed by atoms with Crippen LogP contribution in [0.3, 0.4) is 0 Å². The topological polar surface area (TPSA) is 67.4 Å². The quantitative estimate of drug-likeness (QED) is 0.715. The van der Waals surface area contributed by atoms with Gasteiger partial charge in [-0.2, -0.15) is 0 Å². The van der Waals surface area contributed by atoms with Crippen LogP contribution in [0.2, 0.25) is 0 Å². The lowest BCUT2D eigenvalue weighted by atomic mass is 10.2. The summed E-state index contributed by atoms with van der Waals surface area (Å²) < 4.78 is 6.94. The van der Waals surface area contributed by atoms with E-state index >= 15 is 0 Å². The molecule has 2 aromatic carbocycles. The third-order valence-electron chi connectivity index (χ3n) is 2.85. The number of amides is 2. The second-order valence-corrected chi connectivity index (χ2v) is 6.51. The van der Waals surface area contributed by atoms with Gasteiger partial charge in [0.25, 0.3) is 11.8 Å². The molecule has 0 saturated carbocycles. The first-order chi connectivity index (χ1) is 11.0. The Morgan fingerprint density at radius 2 is 1.87 bits per heavy atom. The van der Waals surface area contributed by atoms with E-state index in [-0.39, 0.29) is 6.61 Å². The van der Waals surface area contributed by atoms with Gasteiger partial charge >= 0.3 is 0 Å². The summed E-state index contributed by atoms with van der Waals surface area (Å²) in [6, 6.07) is 12.4. The van der Waals surface area contributed by atoms with Crippen LogP contribution in [-0.2, 0) is 4.79 Å². The van der Waals surface area contributed by atoms with Crippen molar-refractivity contribution in [2.45, 2.75) is 6.92 Å². The summed E-state index contributed by atoms with van der Waals surface area (Å²) in [5.74, 6) is -0.305. The van der Waals surface area contributed by atoms with Crippen molar-refractivity contribution in [2.24, 2.45) is 0 Å². The normalized spacial score (nSPS) is 10.0. The highest BCUT2D eigenvalue weighted by Crippen LogP contribution is 2.25. The highest BCUT2D eigenvalue weighted by Gasteiger charge is 2.09. The summed E-state index contributed by atoms with van der Waals surface area (Å²) in [6.07, 6.45) is 0. The molecule has 0 unspecified atom stereocenters. The second kappa shape index (κ2) is 8.12. The van der Waals surface area contributed by atoms with Crippen LogP contribution in [0.15, 0.2) is 51.4 Å². The second-order valence-electron chi connectivity index (χ2n) is 4.74. The fourth-order valence-corrected chi connectivity index (χ4v) is 2.74. The molecule has 0 aliphatic rings. The molecular weight excluding hydrogens is 428 g/mol. The van der Waals surface area contributed by atoms with Crippen molar-refractivity contribution in [2.75, 3.05) is 6.61 Å². The van der Waals surface area contributed by atoms with Gasteiger partial charge in [-0.05, 0) is 58.7 Å². The maximum atomic E-state index is 11.9. The first-order valence-electron chi connectivity index (χ1n) is 6.69. The molecular formula is C16H14Br2N2O3. The molecule has 0 atom stereocenters. The van der Waals surface area contributed by atoms with Crippen LogP contribution in [0.1, 0.15) is 15.9 Å². The Hall–Kier alpha value is -1.86. The van der Waals surface area contributed by atoms with Gasteiger partial charge in [0, 0.05) is 10.0 Å². The van der Waals surface area contributed by atoms with Crippen LogP contribution < -0.4 is 15.6 Å². The molecule has 2 N–H and O–H groups in total. The number of halogens is 2. The molecule has 0 aliphatic carbocycles. The highest BCUT2D eigenvalue weighted by molar-refractivity contribution is 9.10. The molecule has 23 heavy (non-hydrogen) atoms. The van der Waals surface area contributed by atoms with Crippen LogP contribution in [0, 0.1) is 6.92 Å². The number of ether oxygens (including phenoxy) is 1. The number of rotatable bonds is 4. The highest BCUT2D eigenvalue weighted by atomic mass is 79.9. The lowest BCUT2D eigenvalue weighted by molar-refractivity contribution is -0.123. The first kappa shape index (κ1) is 17.5. The molecule has 0 saturated heterocycles. The zero-order valence-corrected chi connectivity index (χ0v) is 15.4. The summed E-state index contributed by atoms with van der Waals surface area (Å²) in [4.78, 5) is 23.6. The van der Waals surface area contributed by atoms with Gasteiger partial charge in [0.1, 0.15) is 5.75 Å². The summed E-state index contributed by atoms with van der Waals surface area (Å²) >= 11 is 6.65. The Kier molecular flexibility index (Phi) is 6.18. The van der Waals surface area contributed by atoms with Crippen LogP contribution in [0.5, 0.6) is 5.75 Å². The Balaban J connectivity index is 1.82. The zero-order valence-electron chi connectivity index (χ0n) is 12.2. The predicted molar refractivity (Wildman–Crippen MR) is 94.1 cm³/mol. The minimum atomic E-state index is -0.458. The van der Waals surface area contributed by atoms with Gasteiger partial charge in [-0.25, -0.2) is 0 Å². The van der Waals surface area contributed by atoms with E-state index in [1.807, 2.05) is 25.1 Å². The smallest absolute Gasteiger partial charge is 0.276 e. The molecule has 0 heterocycles. The molecule has 7 heteroatoms. The van der Waals surface area contributed by atoms with E-state index in [0.29, 0.717) is 11.3 Å². The Bertz CT molecular complexity index is 735. The Morgan fingerprint density at radius 3 is 2.57 bits per heavy atom. The van der Waals surface area contributed by atoms with E-state index in [0.717, 1.165) is 14.5 Å². The largest absolute Gasteiger partial charge is 0.483 e. The SMILES string of the molecule is Cc1ccc(OCC(=O)NNC(=O)c2cccc(Br)c2)c(Br)c1. The number of carbonyl (C=O) groups is 2. The molecule has 2 rings (SSSR count). The van der Waals surface area contributed by atoms with E-state index < -0.39 is 11.8 Å². The van der Waals surface area contributed by atoms with Crippen molar-refractivity contribution in [3.63, 3.8) is 0 Å². The monoisotopic (exact) mass is 440 g/mol. The van der Waals surface area contributed by atoms with E-state index in [2.05, 4.69) is 42.7 Å². The van der Waals surface area contributed by atoms with Crippen LogP contribution >= 0.6 is 31.9 Å². The molecule has 5 nitrogen and oxygen atoms in total. The first-order valence-corrected chi connectivity index (χ1v) is 8.28. The van der Waals surface area contributed by atoms with Crippen LogP contribution in [0.4, 0.5) is 0 Å². The van der Waals surface area contributed by atoms with Crippen LogP contribution in [0.25, 0.3) is 0 Å². The number of hydrogen-bond acceptors (Lipinski definition) is 3. The predicted octanol–water partition coefficient (Wildman–Crippen LogP) is 3.36. The molecule has 2 amide bonds. The number of benzene rings is 2. The number of carbonyl (C=O) groups excluding carboxylic acids is 2. The van der Waals surface area contributed by atoms with Crippen molar-refractivity contribution in [3.05, 3.63) is 62.5 Å².